The number of nitrogens with zero attached hydrogens (tertiary/aromatic N) is 2. The summed E-state index contributed by atoms with van der Waals surface area (Å²) in [6, 6.07) is 8.45. The van der Waals surface area contributed by atoms with Crippen LogP contribution >= 0.6 is 0 Å². The second kappa shape index (κ2) is 20.4. The molecule has 0 saturated heterocycles. The lowest BCUT2D eigenvalue weighted by Gasteiger charge is -2.34. The van der Waals surface area contributed by atoms with E-state index in [0.717, 1.165) is 5.56 Å². The number of carbonyl (C=O) groups excluding carboxylic acids is 5. The number of esters is 4. The predicted octanol–water partition coefficient (Wildman–Crippen LogP) is 5.42. The van der Waals surface area contributed by atoms with Crippen LogP contribution in [0.15, 0.2) is 30.3 Å². The molecular formula is C38H63N3O10. The number of nitrogens with one attached hydrogen (secondary N) is 1. The summed E-state index contributed by atoms with van der Waals surface area (Å²) in [5.41, 5.74) is -2.20. The molecule has 1 aromatic rings. The topological polar surface area (TPSA) is 150 Å². The molecule has 1 rings (SSSR count). The van der Waals surface area contributed by atoms with Gasteiger partial charge in [-0.1, -0.05) is 30.3 Å². The molecule has 1 aromatic carbocycles. The minimum Gasteiger partial charge on any atom is -0.459 e. The smallest absolute Gasteiger partial charge is 0.407 e. The fraction of sp³-hybridized carbons (Fsp3) is 0.711. The minimum atomic E-state index is -0.883. The predicted molar refractivity (Wildman–Crippen MR) is 194 cm³/mol. The molecule has 0 aliphatic carbocycles. The van der Waals surface area contributed by atoms with Crippen molar-refractivity contribution in [3.8, 4) is 0 Å². The van der Waals surface area contributed by atoms with E-state index in [-0.39, 0.29) is 45.8 Å². The Bertz CT molecular complexity index is 1230. The average molecular weight is 722 g/mol. The first-order chi connectivity index (χ1) is 23.3. The van der Waals surface area contributed by atoms with E-state index in [1.807, 2.05) is 30.3 Å². The number of amides is 1. The highest BCUT2D eigenvalue weighted by molar-refractivity contribution is 5.78. The standard InChI is InChI=1S/C38H63N3O10/c1-35(2,3)48-30(42)24-40(25-31(43)49-36(4,5)6)22-23-41(26-32(44)50-37(7,8)9)29(33(45)51-38(10,11)12)20-16-17-21-39-34(46)47-27-28-18-14-13-15-19-28/h13-15,18-19,29H,16-17,20-27H2,1-12H3,(H,39,46)/t29-/m0/s1. The van der Waals surface area contributed by atoms with Crippen LogP contribution in [0.5, 0.6) is 0 Å². The van der Waals surface area contributed by atoms with E-state index >= 15 is 0 Å². The normalized spacial score (nSPS) is 13.0. The van der Waals surface area contributed by atoms with Gasteiger partial charge in [-0.05, 0) is 108 Å². The molecule has 0 radical (unpaired) electrons. The molecule has 0 aliphatic rings. The van der Waals surface area contributed by atoms with E-state index in [1.165, 1.54) is 0 Å². The number of rotatable bonds is 18. The van der Waals surface area contributed by atoms with Gasteiger partial charge in [-0.15, -0.1) is 0 Å². The molecule has 0 spiro atoms. The van der Waals surface area contributed by atoms with Crippen LogP contribution < -0.4 is 5.32 Å². The molecule has 0 bridgehead atoms. The van der Waals surface area contributed by atoms with Crippen LogP contribution in [0.2, 0.25) is 0 Å². The van der Waals surface area contributed by atoms with Crippen LogP contribution in [0.4, 0.5) is 4.79 Å². The summed E-state index contributed by atoms with van der Waals surface area (Å²) in [5.74, 6) is -2.16. The van der Waals surface area contributed by atoms with Crippen molar-refractivity contribution >= 4 is 30.0 Å². The van der Waals surface area contributed by atoms with Gasteiger partial charge in [0.1, 0.15) is 35.1 Å². The Kier molecular flexibility index (Phi) is 18.1. The second-order valence-corrected chi connectivity index (χ2v) is 16.5. The Morgan fingerprint density at radius 3 is 1.57 bits per heavy atom. The van der Waals surface area contributed by atoms with Gasteiger partial charge in [0.25, 0.3) is 0 Å². The first-order valence-electron chi connectivity index (χ1n) is 17.6. The van der Waals surface area contributed by atoms with E-state index in [0.29, 0.717) is 19.4 Å². The molecule has 0 unspecified atom stereocenters. The number of carbonyl (C=O) groups is 5. The molecule has 0 aliphatic heterocycles. The Labute approximate surface area is 305 Å². The molecule has 1 atom stereocenters. The molecule has 1 amide bonds. The van der Waals surface area contributed by atoms with Crippen LogP contribution in [0.25, 0.3) is 0 Å². The van der Waals surface area contributed by atoms with E-state index in [2.05, 4.69) is 5.32 Å². The number of ether oxygens (including phenoxy) is 5. The highest BCUT2D eigenvalue weighted by Gasteiger charge is 2.33. The van der Waals surface area contributed by atoms with Crippen molar-refractivity contribution in [3.05, 3.63) is 35.9 Å². The van der Waals surface area contributed by atoms with Crippen LogP contribution in [-0.2, 0) is 49.5 Å². The SMILES string of the molecule is CC(C)(C)OC(=O)CN(CCN(CC(=O)OC(C)(C)C)[C@@H](CCCCNC(=O)OCc1ccccc1)C(=O)OC(C)(C)C)CC(=O)OC(C)(C)C. The Balaban J connectivity index is 3.19. The molecular weight excluding hydrogens is 658 g/mol. The van der Waals surface area contributed by atoms with Gasteiger partial charge in [0.15, 0.2) is 0 Å². The number of alkyl carbamates (subject to hydrolysis) is 1. The molecule has 13 nitrogen and oxygen atoms in total. The lowest BCUT2D eigenvalue weighted by molar-refractivity contribution is -0.167. The van der Waals surface area contributed by atoms with Crippen molar-refractivity contribution in [1.29, 1.82) is 0 Å². The molecule has 0 saturated carbocycles. The van der Waals surface area contributed by atoms with Crippen LogP contribution in [-0.4, -0.2) is 107 Å². The van der Waals surface area contributed by atoms with Crippen LogP contribution in [0.3, 0.4) is 0 Å². The van der Waals surface area contributed by atoms with Crippen molar-refractivity contribution in [3.63, 3.8) is 0 Å². The number of hydrogen-bond acceptors (Lipinski definition) is 12. The lowest BCUT2D eigenvalue weighted by atomic mass is 10.1. The quantitative estimate of drug-likeness (QED) is 0.117. The molecule has 0 fully saturated rings. The van der Waals surface area contributed by atoms with Crippen molar-refractivity contribution in [2.45, 2.75) is 137 Å². The molecule has 0 aromatic heterocycles. The molecule has 51 heavy (non-hydrogen) atoms. The second-order valence-electron chi connectivity index (χ2n) is 16.5. The van der Waals surface area contributed by atoms with E-state index in [1.54, 1.807) is 92.9 Å². The van der Waals surface area contributed by atoms with Crippen molar-refractivity contribution in [2.24, 2.45) is 0 Å². The maximum atomic E-state index is 13.7. The largest absolute Gasteiger partial charge is 0.459 e. The zero-order valence-corrected chi connectivity index (χ0v) is 33.0. The van der Waals surface area contributed by atoms with Gasteiger partial charge < -0.3 is 29.0 Å². The summed E-state index contributed by atoms with van der Waals surface area (Å²) >= 11 is 0. The molecule has 1 N–H and O–H groups in total. The van der Waals surface area contributed by atoms with Crippen molar-refractivity contribution < 1.29 is 47.7 Å². The fourth-order valence-corrected chi connectivity index (χ4v) is 4.73. The van der Waals surface area contributed by atoms with Gasteiger partial charge in [0.2, 0.25) is 0 Å². The van der Waals surface area contributed by atoms with Gasteiger partial charge in [-0.3, -0.25) is 29.0 Å². The van der Waals surface area contributed by atoms with Gasteiger partial charge >= 0.3 is 30.0 Å². The minimum absolute atomic E-state index is 0.0960. The van der Waals surface area contributed by atoms with Gasteiger partial charge in [0.05, 0.1) is 19.6 Å². The van der Waals surface area contributed by atoms with Gasteiger partial charge in [-0.2, -0.15) is 0 Å². The highest BCUT2D eigenvalue weighted by Crippen LogP contribution is 2.18. The Morgan fingerprint density at radius 1 is 0.627 bits per heavy atom. The van der Waals surface area contributed by atoms with E-state index < -0.39 is 58.4 Å². The summed E-state index contributed by atoms with van der Waals surface area (Å²) in [5, 5.41) is 2.73. The monoisotopic (exact) mass is 721 g/mol. The third kappa shape index (κ3) is 23.4. The fourth-order valence-electron chi connectivity index (χ4n) is 4.73. The zero-order valence-electron chi connectivity index (χ0n) is 33.0. The van der Waals surface area contributed by atoms with Gasteiger partial charge in [-0.25, -0.2) is 4.79 Å². The lowest BCUT2D eigenvalue weighted by Crippen LogP contribution is -2.51. The summed E-state index contributed by atoms with van der Waals surface area (Å²) in [6.45, 7) is 21.0. The molecule has 13 heteroatoms. The third-order valence-electron chi connectivity index (χ3n) is 6.51. The average Bonchev–Trinajstić information content (AvgIpc) is 2.92. The van der Waals surface area contributed by atoms with Crippen molar-refractivity contribution in [2.75, 3.05) is 39.3 Å². The van der Waals surface area contributed by atoms with E-state index in [9.17, 15) is 24.0 Å². The first-order valence-corrected chi connectivity index (χ1v) is 17.6. The summed E-state index contributed by atoms with van der Waals surface area (Å²) in [6.07, 6.45) is 0.747. The maximum Gasteiger partial charge on any atom is 0.407 e. The maximum absolute atomic E-state index is 13.7. The number of benzene rings is 1. The molecule has 290 valence electrons. The van der Waals surface area contributed by atoms with Gasteiger partial charge in [0, 0.05) is 19.6 Å². The Morgan fingerprint density at radius 2 is 1.10 bits per heavy atom. The molecule has 0 heterocycles. The number of unbranched alkanes of at least 4 members (excludes halogenated alkanes) is 1. The first kappa shape index (κ1) is 45.3. The van der Waals surface area contributed by atoms with Crippen molar-refractivity contribution in [1.82, 2.24) is 15.1 Å². The van der Waals surface area contributed by atoms with E-state index in [4.69, 9.17) is 23.7 Å². The van der Waals surface area contributed by atoms with Crippen LogP contribution in [0.1, 0.15) is 108 Å². The summed E-state index contributed by atoms with van der Waals surface area (Å²) in [7, 11) is 0. The number of hydrogen-bond donors (Lipinski definition) is 1. The zero-order chi connectivity index (χ0) is 39.0. The summed E-state index contributed by atoms with van der Waals surface area (Å²) in [4.78, 5) is 68.1. The highest BCUT2D eigenvalue weighted by atomic mass is 16.6. The van der Waals surface area contributed by atoms with Crippen LogP contribution in [0, 0.1) is 0 Å². The third-order valence-corrected chi connectivity index (χ3v) is 6.51. The summed E-state index contributed by atoms with van der Waals surface area (Å²) < 4.78 is 27.7. The Hall–Kier alpha value is -3.71.